The smallest absolute Gasteiger partial charge is 0.238 e. The Kier molecular flexibility index (Phi) is 4.81. The third kappa shape index (κ3) is 3.20. The molecule has 2 rings (SSSR count). The molecule has 0 radical (unpaired) electrons. The first-order valence-electron chi connectivity index (χ1n) is 7.06. The quantitative estimate of drug-likeness (QED) is 0.868. The summed E-state index contributed by atoms with van der Waals surface area (Å²) in [6, 6.07) is 5.31. The van der Waals surface area contributed by atoms with Gasteiger partial charge in [-0.25, -0.2) is 0 Å². The molecule has 0 aliphatic carbocycles. The highest BCUT2D eigenvalue weighted by Crippen LogP contribution is 2.20. The van der Waals surface area contributed by atoms with Gasteiger partial charge in [-0.15, -0.1) is 0 Å². The third-order valence-corrected chi connectivity index (χ3v) is 5.37. The highest BCUT2D eigenvalue weighted by molar-refractivity contribution is 7.86. The second-order valence-corrected chi connectivity index (χ2v) is 7.12. The fourth-order valence-electron chi connectivity index (χ4n) is 2.44. The van der Waals surface area contributed by atoms with Gasteiger partial charge < -0.3 is 10.6 Å². The monoisotopic (exact) mass is 294 g/mol. The molecule has 110 valence electrons. The Bertz CT molecular complexity index is 525. The summed E-state index contributed by atoms with van der Waals surface area (Å²) in [5.41, 5.74) is 7.35. The highest BCUT2D eigenvalue weighted by Gasteiger charge is 2.27. The number of nitrogens with zero attached hydrogens (tertiary/aromatic N) is 1. The fraction of sp³-hybridized carbons (Fsp3) is 0.533. The minimum absolute atomic E-state index is 0.00230. The van der Waals surface area contributed by atoms with E-state index in [1.54, 1.807) is 19.1 Å². The summed E-state index contributed by atoms with van der Waals surface area (Å²) in [6.45, 7) is 5.22. The van der Waals surface area contributed by atoms with E-state index < -0.39 is 16.0 Å². The van der Waals surface area contributed by atoms with E-state index in [9.17, 15) is 9.00 Å². The van der Waals surface area contributed by atoms with Gasteiger partial charge in [0.1, 0.15) is 5.25 Å². The normalized spacial score (nSPS) is 18.6. The van der Waals surface area contributed by atoms with Crippen LogP contribution in [0.1, 0.15) is 31.7 Å². The van der Waals surface area contributed by atoms with Crippen molar-refractivity contribution < 1.29 is 9.00 Å². The molecule has 1 saturated heterocycles. The maximum atomic E-state index is 12.5. The van der Waals surface area contributed by atoms with Crippen molar-refractivity contribution in [2.24, 2.45) is 0 Å². The number of piperidine rings is 1. The summed E-state index contributed by atoms with van der Waals surface area (Å²) in [4.78, 5) is 14.9. The molecular weight excluding hydrogens is 272 g/mol. The van der Waals surface area contributed by atoms with E-state index in [-0.39, 0.29) is 5.91 Å². The average molecular weight is 294 g/mol. The lowest BCUT2D eigenvalue weighted by Crippen LogP contribution is -2.42. The van der Waals surface area contributed by atoms with Crippen LogP contribution in [0.25, 0.3) is 0 Å². The Balaban J connectivity index is 2.10. The topological polar surface area (TPSA) is 63.4 Å². The maximum Gasteiger partial charge on any atom is 0.238 e. The number of benzene rings is 1. The van der Waals surface area contributed by atoms with E-state index >= 15 is 0 Å². The molecule has 1 heterocycles. The molecule has 1 aliphatic rings. The van der Waals surface area contributed by atoms with Crippen LogP contribution in [0.2, 0.25) is 0 Å². The minimum Gasteiger partial charge on any atom is -0.399 e. The van der Waals surface area contributed by atoms with Gasteiger partial charge in [0.05, 0.1) is 10.8 Å². The highest BCUT2D eigenvalue weighted by atomic mass is 32.2. The number of nitrogens with two attached hydrogens (primary N) is 1. The van der Waals surface area contributed by atoms with E-state index in [2.05, 4.69) is 0 Å². The van der Waals surface area contributed by atoms with Crippen LogP contribution in [0.3, 0.4) is 0 Å². The first-order valence-corrected chi connectivity index (χ1v) is 8.27. The molecule has 2 atom stereocenters. The Morgan fingerprint density at radius 1 is 1.30 bits per heavy atom. The molecule has 5 heteroatoms. The zero-order valence-electron chi connectivity index (χ0n) is 12.1. The zero-order valence-corrected chi connectivity index (χ0v) is 12.9. The molecule has 1 amide bonds. The molecule has 0 aromatic heterocycles. The zero-order chi connectivity index (χ0) is 14.7. The van der Waals surface area contributed by atoms with Crippen LogP contribution in [-0.4, -0.2) is 33.4 Å². The Morgan fingerprint density at radius 2 is 1.95 bits per heavy atom. The number of nitrogen functional groups attached to an aromatic ring is 1. The van der Waals surface area contributed by atoms with Crippen molar-refractivity contribution in [3.05, 3.63) is 23.8 Å². The van der Waals surface area contributed by atoms with E-state index in [1.165, 1.54) is 6.42 Å². The molecule has 1 aromatic rings. The van der Waals surface area contributed by atoms with Crippen molar-refractivity contribution in [1.29, 1.82) is 0 Å². The standard InChI is InChI=1S/C15H22N2O2S/c1-11-10-13(6-7-14(11)16)20(19)12(2)15(18)17-8-4-3-5-9-17/h6-7,10,12H,3-5,8-9,16H2,1-2H3. The van der Waals surface area contributed by atoms with E-state index in [4.69, 9.17) is 5.73 Å². The molecule has 20 heavy (non-hydrogen) atoms. The molecule has 2 N–H and O–H groups in total. The van der Waals surface area contributed by atoms with E-state index in [0.29, 0.717) is 10.6 Å². The number of likely N-dealkylation sites (tertiary alicyclic amines) is 1. The van der Waals surface area contributed by atoms with Gasteiger partial charge >= 0.3 is 0 Å². The average Bonchev–Trinajstić information content (AvgIpc) is 2.48. The summed E-state index contributed by atoms with van der Waals surface area (Å²) in [6.07, 6.45) is 3.27. The number of carbonyl (C=O) groups excluding carboxylic acids is 1. The molecule has 2 unspecified atom stereocenters. The molecule has 0 bridgehead atoms. The molecular formula is C15H22N2O2S. The summed E-state index contributed by atoms with van der Waals surface area (Å²) in [5.74, 6) is -0.00230. The predicted octanol–water partition coefficient (Wildman–Crippen LogP) is 2.09. The SMILES string of the molecule is Cc1cc(S(=O)C(C)C(=O)N2CCCCC2)ccc1N. The predicted molar refractivity (Wildman–Crippen MR) is 81.9 cm³/mol. The Morgan fingerprint density at radius 3 is 2.55 bits per heavy atom. The molecule has 1 aliphatic heterocycles. The largest absolute Gasteiger partial charge is 0.399 e. The van der Waals surface area contributed by atoms with E-state index in [1.807, 2.05) is 17.9 Å². The van der Waals surface area contributed by atoms with Crippen molar-refractivity contribution in [1.82, 2.24) is 4.90 Å². The maximum absolute atomic E-state index is 12.5. The van der Waals surface area contributed by atoms with Crippen LogP contribution < -0.4 is 5.73 Å². The van der Waals surface area contributed by atoms with Crippen molar-refractivity contribution in [3.63, 3.8) is 0 Å². The summed E-state index contributed by atoms with van der Waals surface area (Å²) >= 11 is 0. The number of carbonyl (C=O) groups is 1. The van der Waals surface area contributed by atoms with Gasteiger partial charge in [-0.1, -0.05) is 0 Å². The summed E-state index contributed by atoms with van der Waals surface area (Å²) < 4.78 is 12.5. The number of rotatable bonds is 3. The number of hydrogen-bond donors (Lipinski definition) is 1. The second-order valence-electron chi connectivity index (χ2n) is 5.34. The van der Waals surface area contributed by atoms with Crippen molar-refractivity contribution in [2.75, 3.05) is 18.8 Å². The van der Waals surface area contributed by atoms with Crippen LogP contribution in [0.15, 0.2) is 23.1 Å². The minimum atomic E-state index is -1.33. The van der Waals surface area contributed by atoms with Gasteiger partial charge in [0.25, 0.3) is 0 Å². The van der Waals surface area contributed by atoms with Gasteiger partial charge in [0.15, 0.2) is 0 Å². The molecule has 1 fully saturated rings. The second kappa shape index (κ2) is 6.39. The lowest BCUT2D eigenvalue weighted by molar-refractivity contribution is -0.131. The van der Waals surface area contributed by atoms with Crippen LogP contribution in [0, 0.1) is 6.92 Å². The number of aryl methyl sites for hydroxylation is 1. The summed E-state index contributed by atoms with van der Waals surface area (Å²) in [7, 11) is -1.33. The van der Waals surface area contributed by atoms with Crippen LogP contribution in [0.4, 0.5) is 5.69 Å². The van der Waals surface area contributed by atoms with Gasteiger partial charge in [-0.05, 0) is 56.9 Å². The number of anilines is 1. The fourth-order valence-corrected chi connectivity index (χ4v) is 3.68. The number of amides is 1. The summed E-state index contributed by atoms with van der Waals surface area (Å²) in [5, 5.41) is -0.504. The van der Waals surface area contributed by atoms with Crippen LogP contribution >= 0.6 is 0 Å². The first-order chi connectivity index (χ1) is 9.50. The Labute approximate surface area is 122 Å². The van der Waals surface area contributed by atoms with Gasteiger partial charge in [0.2, 0.25) is 5.91 Å². The molecule has 4 nitrogen and oxygen atoms in total. The van der Waals surface area contributed by atoms with Crippen molar-refractivity contribution in [2.45, 2.75) is 43.3 Å². The lowest BCUT2D eigenvalue weighted by atomic mass is 10.1. The van der Waals surface area contributed by atoms with Gasteiger partial charge in [-0.2, -0.15) is 0 Å². The molecule has 0 saturated carbocycles. The Hall–Kier alpha value is -1.36. The van der Waals surface area contributed by atoms with Crippen molar-refractivity contribution in [3.8, 4) is 0 Å². The van der Waals surface area contributed by atoms with E-state index in [0.717, 1.165) is 31.5 Å². The molecule has 0 spiro atoms. The van der Waals surface area contributed by atoms with Crippen LogP contribution in [0.5, 0.6) is 0 Å². The van der Waals surface area contributed by atoms with Gasteiger partial charge in [0, 0.05) is 23.7 Å². The van der Waals surface area contributed by atoms with Crippen LogP contribution in [-0.2, 0) is 15.6 Å². The lowest BCUT2D eigenvalue weighted by Gasteiger charge is -2.29. The van der Waals surface area contributed by atoms with Gasteiger partial charge in [-0.3, -0.25) is 9.00 Å². The molecule has 1 aromatic carbocycles. The van der Waals surface area contributed by atoms with Crippen molar-refractivity contribution >= 4 is 22.4 Å². The first kappa shape index (κ1) is 15.0. The number of hydrogen-bond acceptors (Lipinski definition) is 3. The third-order valence-electron chi connectivity index (χ3n) is 3.81.